The van der Waals surface area contributed by atoms with Gasteiger partial charge in [0, 0.05) is 16.7 Å². The number of carbonyl (C=O) groups is 3. The number of fused-ring (bicyclic) bond motifs is 1. The summed E-state index contributed by atoms with van der Waals surface area (Å²) in [6, 6.07) is 18.2. The summed E-state index contributed by atoms with van der Waals surface area (Å²) < 4.78 is 18.1. The van der Waals surface area contributed by atoms with Gasteiger partial charge in [-0.3, -0.25) is 0 Å². The van der Waals surface area contributed by atoms with Crippen molar-refractivity contribution in [3.05, 3.63) is 112 Å². The fourth-order valence-electron chi connectivity index (χ4n) is 6.25. The molecule has 242 valence electrons. The summed E-state index contributed by atoms with van der Waals surface area (Å²) in [7, 11) is 0. The second kappa shape index (κ2) is 13.3. The number of rotatable bonds is 10. The normalized spacial score (nSPS) is 13.3. The zero-order chi connectivity index (χ0) is 34.2. The van der Waals surface area contributed by atoms with E-state index in [-0.39, 0.29) is 22.6 Å². The smallest absolute Gasteiger partial charge is 0.346 e. The lowest BCUT2D eigenvalue weighted by Crippen LogP contribution is -2.23. The van der Waals surface area contributed by atoms with Crippen molar-refractivity contribution in [3.63, 3.8) is 0 Å². The van der Waals surface area contributed by atoms with Gasteiger partial charge < -0.3 is 19.3 Å². The van der Waals surface area contributed by atoms with Gasteiger partial charge in [0.2, 0.25) is 0 Å². The molecule has 0 amide bonds. The molecule has 7 heteroatoms. The van der Waals surface area contributed by atoms with Crippen LogP contribution in [0, 0.1) is 39.5 Å². The minimum Gasteiger partial charge on any atom is -0.478 e. The van der Waals surface area contributed by atoms with Crippen molar-refractivity contribution < 1.29 is 33.7 Å². The number of benzene rings is 4. The first kappa shape index (κ1) is 33.2. The summed E-state index contributed by atoms with van der Waals surface area (Å²) in [5.41, 5.74) is 5.97. The van der Waals surface area contributed by atoms with E-state index in [0.29, 0.717) is 63.2 Å². The molecular formula is C40H40O7. The first-order chi connectivity index (χ1) is 22.3. The molecule has 0 radical (unpaired) electrons. The number of carboxylic acid groups (broad SMARTS) is 1. The van der Waals surface area contributed by atoms with E-state index in [1.54, 1.807) is 12.1 Å². The van der Waals surface area contributed by atoms with Gasteiger partial charge in [-0.25, -0.2) is 14.4 Å². The molecule has 0 saturated heterocycles. The maximum Gasteiger partial charge on any atom is 0.346 e. The molecule has 47 heavy (non-hydrogen) atoms. The van der Waals surface area contributed by atoms with Crippen molar-refractivity contribution in [1.29, 1.82) is 0 Å². The number of carbonyl (C=O) groups excluding carboxylic acids is 2. The number of hydrogen-bond acceptors (Lipinski definition) is 6. The van der Waals surface area contributed by atoms with E-state index in [0.717, 1.165) is 23.1 Å². The van der Waals surface area contributed by atoms with Crippen molar-refractivity contribution in [2.45, 2.75) is 61.3 Å². The Hall–Kier alpha value is -5.17. The first-order valence-corrected chi connectivity index (χ1v) is 15.8. The predicted octanol–water partition coefficient (Wildman–Crippen LogP) is 9.80. The number of aromatic carboxylic acids is 1. The van der Waals surface area contributed by atoms with Crippen molar-refractivity contribution in [3.8, 4) is 34.1 Å². The Labute approximate surface area is 275 Å². The number of aryl methyl sites for hydroxylation is 2. The van der Waals surface area contributed by atoms with E-state index in [4.69, 9.17) is 14.2 Å². The number of cyclic esters (lactones) is 2. The molecule has 0 unspecified atom stereocenters. The third-order valence-electron chi connectivity index (χ3n) is 9.09. The Morgan fingerprint density at radius 3 is 1.81 bits per heavy atom. The van der Waals surface area contributed by atoms with E-state index >= 15 is 0 Å². The van der Waals surface area contributed by atoms with Gasteiger partial charge in [-0.05, 0) is 99.0 Å². The quantitative estimate of drug-likeness (QED) is 0.106. The van der Waals surface area contributed by atoms with Gasteiger partial charge >= 0.3 is 17.9 Å². The van der Waals surface area contributed by atoms with Crippen LogP contribution in [-0.4, -0.2) is 23.0 Å². The highest BCUT2D eigenvalue weighted by atomic mass is 16.6. The van der Waals surface area contributed by atoms with Crippen molar-refractivity contribution >= 4 is 23.5 Å². The molecule has 0 bridgehead atoms. The van der Waals surface area contributed by atoms with Crippen LogP contribution < -0.4 is 9.47 Å². The lowest BCUT2D eigenvalue weighted by molar-refractivity contribution is -0.131. The lowest BCUT2D eigenvalue weighted by Gasteiger charge is -2.28. The maximum atomic E-state index is 13.1. The Balaban J connectivity index is 1.92. The molecule has 0 aromatic heterocycles. The summed E-state index contributed by atoms with van der Waals surface area (Å²) in [5, 5.41) is 10.4. The molecular weight excluding hydrogens is 592 g/mol. The van der Waals surface area contributed by atoms with Crippen molar-refractivity contribution in [1.82, 2.24) is 0 Å². The molecule has 1 aliphatic rings. The second-order valence-electron chi connectivity index (χ2n) is 12.6. The van der Waals surface area contributed by atoms with Gasteiger partial charge in [-0.1, -0.05) is 69.2 Å². The van der Waals surface area contributed by atoms with Crippen molar-refractivity contribution in [2.75, 3.05) is 0 Å². The number of ether oxygens (including phenoxy) is 3. The van der Waals surface area contributed by atoms with Gasteiger partial charge in [0.25, 0.3) is 0 Å². The monoisotopic (exact) mass is 632 g/mol. The first-order valence-electron chi connectivity index (χ1n) is 15.8. The lowest BCUT2D eigenvalue weighted by atomic mass is 9.79. The predicted molar refractivity (Wildman–Crippen MR) is 183 cm³/mol. The van der Waals surface area contributed by atoms with Gasteiger partial charge in [-0.2, -0.15) is 0 Å². The molecule has 1 heterocycles. The third kappa shape index (κ3) is 6.57. The average Bonchev–Trinajstić information content (AvgIpc) is 3.02. The molecule has 4 aromatic carbocycles. The van der Waals surface area contributed by atoms with E-state index < -0.39 is 17.9 Å². The van der Waals surface area contributed by atoms with E-state index in [9.17, 15) is 19.5 Å². The Morgan fingerprint density at radius 2 is 1.32 bits per heavy atom. The molecule has 5 rings (SSSR count). The molecule has 0 aliphatic carbocycles. The van der Waals surface area contributed by atoms with Gasteiger partial charge in [0.1, 0.15) is 23.0 Å². The highest BCUT2D eigenvalue weighted by Gasteiger charge is 2.35. The van der Waals surface area contributed by atoms with E-state index in [1.165, 1.54) is 0 Å². The summed E-state index contributed by atoms with van der Waals surface area (Å²) >= 11 is 0. The highest BCUT2D eigenvalue weighted by Crippen LogP contribution is 2.50. The molecule has 0 fully saturated rings. The van der Waals surface area contributed by atoms with Gasteiger partial charge in [0.15, 0.2) is 0 Å². The third-order valence-corrected chi connectivity index (χ3v) is 9.09. The molecule has 1 aliphatic heterocycles. The summed E-state index contributed by atoms with van der Waals surface area (Å²) in [5.74, 6) is -0.441. The zero-order valence-corrected chi connectivity index (χ0v) is 27.9. The van der Waals surface area contributed by atoms with Crippen molar-refractivity contribution in [2.24, 2.45) is 11.8 Å². The van der Waals surface area contributed by atoms with Gasteiger partial charge in [0.05, 0.1) is 16.7 Å². The number of carboxylic acids is 1. The van der Waals surface area contributed by atoms with Gasteiger partial charge in [-0.15, -0.1) is 0 Å². The van der Waals surface area contributed by atoms with Crippen LogP contribution in [0.2, 0.25) is 0 Å². The molecule has 1 atom stereocenters. The second-order valence-corrected chi connectivity index (χ2v) is 12.6. The topological polar surface area (TPSA) is 99.1 Å². The summed E-state index contributed by atoms with van der Waals surface area (Å²) in [4.78, 5) is 38.5. The van der Waals surface area contributed by atoms with Crippen LogP contribution >= 0.6 is 0 Å². The largest absolute Gasteiger partial charge is 0.478 e. The Morgan fingerprint density at radius 1 is 0.787 bits per heavy atom. The van der Waals surface area contributed by atoms with Crippen LogP contribution in [0.3, 0.4) is 0 Å². The standard InChI is InChI=1S/C40H40O7/c1-9-27(21(2)3)18-30-24(6)31(38(41)42)19-34(46-29-16-12-23(5)13-17-29)37(30)36-25(7)35-26(8)39(43)47-40(44)32(35)20-33(36)45-28-14-10-22(4)11-15-28/h10-17,19-21,27H,8-9,18H2,1-7H3,(H,41,42)/t27-/m0/s1. The molecule has 0 saturated carbocycles. The van der Waals surface area contributed by atoms with E-state index in [2.05, 4.69) is 27.4 Å². The maximum absolute atomic E-state index is 13.1. The minimum absolute atomic E-state index is 0.0512. The fourth-order valence-corrected chi connectivity index (χ4v) is 6.25. The van der Waals surface area contributed by atoms with Crippen LogP contribution in [0.1, 0.15) is 81.3 Å². The Bertz CT molecular complexity index is 1900. The minimum atomic E-state index is -1.07. The van der Waals surface area contributed by atoms with Crippen LogP contribution in [-0.2, 0) is 16.0 Å². The highest BCUT2D eigenvalue weighted by molar-refractivity contribution is 6.26. The summed E-state index contributed by atoms with van der Waals surface area (Å²) in [6.45, 7) is 18.0. The SMILES string of the molecule is C=C1C(=O)OC(=O)c2cc(Oc3ccc(C)cc3)c(-c3c(Oc4ccc(C)cc4)cc(C(=O)O)c(C)c3C[C@H](CC)C(C)C)c(C)c21. The number of hydrogen-bond donors (Lipinski definition) is 1. The van der Waals surface area contributed by atoms with E-state index in [1.807, 2.05) is 76.2 Å². The zero-order valence-electron chi connectivity index (χ0n) is 27.9. The molecule has 4 aromatic rings. The van der Waals surface area contributed by atoms with Crippen LogP contribution in [0.15, 0.2) is 67.2 Å². The summed E-state index contributed by atoms with van der Waals surface area (Å²) in [6.07, 6.45) is 1.43. The fraction of sp³-hybridized carbons (Fsp3) is 0.275. The molecule has 0 spiro atoms. The number of esters is 2. The van der Waals surface area contributed by atoms with Crippen LogP contribution in [0.4, 0.5) is 0 Å². The Kier molecular flexibility index (Phi) is 9.38. The average molecular weight is 633 g/mol. The van der Waals surface area contributed by atoms with Crippen LogP contribution in [0.25, 0.3) is 16.7 Å². The molecule has 7 nitrogen and oxygen atoms in total. The molecule has 1 N–H and O–H groups in total. The van der Waals surface area contributed by atoms with Crippen LogP contribution in [0.5, 0.6) is 23.0 Å².